The van der Waals surface area contributed by atoms with Crippen molar-refractivity contribution in [2.75, 3.05) is 38.2 Å². The molecule has 1 saturated heterocycles. The number of rotatable bonds is 3. The van der Waals surface area contributed by atoms with Gasteiger partial charge in [0.25, 0.3) is 5.91 Å². The van der Waals surface area contributed by atoms with E-state index < -0.39 is 0 Å². The van der Waals surface area contributed by atoms with Crippen LogP contribution in [0, 0.1) is 6.92 Å². The lowest BCUT2D eigenvalue weighted by molar-refractivity contribution is 0.0746. The van der Waals surface area contributed by atoms with Crippen LogP contribution in [-0.4, -0.2) is 44.1 Å². The molecule has 1 heterocycles. The largest absolute Gasteiger partial charge is 0.497 e. The predicted octanol–water partition coefficient (Wildman–Crippen LogP) is 3.73. The second-order valence-electron chi connectivity index (χ2n) is 5.94. The zero-order valence-electron chi connectivity index (χ0n) is 14.0. The molecule has 0 atom stereocenters. The van der Waals surface area contributed by atoms with Crippen LogP contribution in [0.4, 0.5) is 5.69 Å². The van der Waals surface area contributed by atoms with Crippen LogP contribution in [0.5, 0.6) is 5.75 Å². The number of carbonyl (C=O) groups excluding carboxylic acids is 1. The molecular weight excluding hydrogens is 368 g/mol. The van der Waals surface area contributed by atoms with Gasteiger partial charge in [0.15, 0.2) is 0 Å². The number of benzene rings is 2. The van der Waals surface area contributed by atoms with Gasteiger partial charge in [0.2, 0.25) is 0 Å². The maximum atomic E-state index is 12.7. The molecule has 2 aromatic carbocycles. The number of halogens is 1. The maximum absolute atomic E-state index is 12.7. The Labute approximate surface area is 151 Å². The summed E-state index contributed by atoms with van der Waals surface area (Å²) in [7, 11) is 1.61. The molecular formula is C19H21BrN2O2. The summed E-state index contributed by atoms with van der Waals surface area (Å²) in [4.78, 5) is 16.9. The third-order valence-corrected chi connectivity index (χ3v) is 4.88. The van der Waals surface area contributed by atoms with E-state index in [0.717, 1.165) is 30.7 Å². The summed E-state index contributed by atoms with van der Waals surface area (Å²) in [5, 5.41) is 0. The van der Waals surface area contributed by atoms with Gasteiger partial charge in [-0.2, -0.15) is 0 Å². The molecule has 0 aromatic heterocycles. The SMILES string of the molecule is COc1cccc(C(=O)N2CCN(c3ccc(Br)cc3C)CC2)c1. The second-order valence-corrected chi connectivity index (χ2v) is 6.86. The Balaban J connectivity index is 1.67. The lowest BCUT2D eigenvalue weighted by Gasteiger charge is -2.37. The summed E-state index contributed by atoms with van der Waals surface area (Å²) in [5.41, 5.74) is 3.17. The van der Waals surface area contributed by atoms with Crippen LogP contribution < -0.4 is 9.64 Å². The number of ether oxygens (including phenoxy) is 1. The third-order valence-electron chi connectivity index (χ3n) is 4.38. The van der Waals surface area contributed by atoms with E-state index in [1.54, 1.807) is 13.2 Å². The number of hydrogen-bond donors (Lipinski definition) is 0. The molecule has 2 aromatic rings. The number of anilines is 1. The van der Waals surface area contributed by atoms with Crippen LogP contribution in [-0.2, 0) is 0 Å². The van der Waals surface area contributed by atoms with E-state index in [0.29, 0.717) is 11.3 Å². The van der Waals surface area contributed by atoms with Gasteiger partial charge < -0.3 is 14.5 Å². The topological polar surface area (TPSA) is 32.8 Å². The first-order valence-corrected chi connectivity index (χ1v) is 8.82. The fraction of sp³-hybridized carbons (Fsp3) is 0.316. The quantitative estimate of drug-likeness (QED) is 0.802. The van der Waals surface area contributed by atoms with Gasteiger partial charge in [0.1, 0.15) is 5.75 Å². The first-order chi connectivity index (χ1) is 11.6. The highest BCUT2D eigenvalue weighted by Crippen LogP contribution is 2.25. The zero-order chi connectivity index (χ0) is 17.1. The van der Waals surface area contributed by atoms with Crippen molar-refractivity contribution in [2.45, 2.75) is 6.92 Å². The monoisotopic (exact) mass is 388 g/mol. The average molecular weight is 389 g/mol. The summed E-state index contributed by atoms with van der Waals surface area (Å²) < 4.78 is 6.30. The Morgan fingerprint density at radius 3 is 2.50 bits per heavy atom. The molecule has 4 nitrogen and oxygen atoms in total. The van der Waals surface area contributed by atoms with Gasteiger partial charge in [-0.15, -0.1) is 0 Å². The van der Waals surface area contributed by atoms with Gasteiger partial charge in [0, 0.05) is 41.9 Å². The molecule has 1 fully saturated rings. The van der Waals surface area contributed by atoms with Crippen LogP contribution in [0.3, 0.4) is 0 Å². The van der Waals surface area contributed by atoms with Crippen LogP contribution >= 0.6 is 15.9 Å². The molecule has 0 radical (unpaired) electrons. The summed E-state index contributed by atoms with van der Waals surface area (Å²) in [6, 6.07) is 13.7. The zero-order valence-corrected chi connectivity index (χ0v) is 15.5. The Kier molecular flexibility index (Phi) is 5.09. The van der Waals surface area contributed by atoms with E-state index in [4.69, 9.17) is 4.74 Å². The van der Waals surface area contributed by atoms with E-state index >= 15 is 0 Å². The van der Waals surface area contributed by atoms with Crippen molar-refractivity contribution < 1.29 is 9.53 Å². The molecule has 0 bridgehead atoms. The first-order valence-electron chi connectivity index (χ1n) is 8.03. The molecule has 1 amide bonds. The van der Waals surface area contributed by atoms with Crippen LogP contribution in [0.25, 0.3) is 0 Å². The number of piperazine rings is 1. The second kappa shape index (κ2) is 7.26. The molecule has 0 aliphatic carbocycles. The molecule has 0 spiro atoms. The van der Waals surface area contributed by atoms with Crippen LogP contribution in [0.15, 0.2) is 46.9 Å². The number of hydrogen-bond acceptors (Lipinski definition) is 3. The molecule has 1 aliphatic rings. The highest BCUT2D eigenvalue weighted by molar-refractivity contribution is 9.10. The highest BCUT2D eigenvalue weighted by Gasteiger charge is 2.23. The van der Waals surface area contributed by atoms with E-state index in [1.165, 1.54) is 11.3 Å². The third kappa shape index (κ3) is 3.56. The molecule has 0 N–H and O–H groups in total. The van der Waals surface area contributed by atoms with Gasteiger partial charge >= 0.3 is 0 Å². The minimum absolute atomic E-state index is 0.0704. The number of aryl methyl sites for hydroxylation is 1. The molecule has 1 aliphatic heterocycles. The summed E-state index contributed by atoms with van der Waals surface area (Å²) >= 11 is 3.50. The summed E-state index contributed by atoms with van der Waals surface area (Å²) in [6.45, 7) is 5.27. The van der Waals surface area contributed by atoms with Crippen LogP contribution in [0.1, 0.15) is 15.9 Å². The molecule has 0 unspecified atom stereocenters. The average Bonchev–Trinajstić information content (AvgIpc) is 2.61. The number of nitrogens with zero attached hydrogens (tertiary/aromatic N) is 2. The van der Waals surface area contributed by atoms with Crippen molar-refractivity contribution in [3.8, 4) is 5.75 Å². The van der Waals surface area contributed by atoms with Crippen molar-refractivity contribution in [1.29, 1.82) is 0 Å². The molecule has 3 rings (SSSR count). The lowest BCUT2D eigenvalue weighted by atomic mass is 10.1. The van der Waals surface area contributed by atoms with Crippen LogP contribution in [0.2, 0.25) is 0 Å². The van der Waals surface area contributed by atoms with Crippen molar-refractivity contribution in [3.05, 3.63) is 58.1 Å². The number of amides is 1. The van der Waals surface area contributed by atoms with Gasteiger partial charge in [-0.1, -0.05) is 22.0 Å². The Bertz CT molecular complexity index is 740. The Morgan fingerprint density at radius 2 is 1.83 bits per heavy atom. The molecule has 0 saturated carbocycles. The molecule has 24 heavy (non-hydrogen) atoms. The minimum atomic E-state index is 0.0704. The summed E-state index contributed by atoms with van der Waals surface area (Å²) in [6.07, 6.45) is 0. The smallest absolute Gasteiger partial charge is 0.254 e. The normalized spacial score (nSPS) is 14.6. The van der Waals surface area contributed by atoms with Crippen molar-refractivity contribution in [1.82, 2.24) is 4.90 Å². The Morgan fingerprint density at radius 1 is 1.08 bits per heavy atom. The van der Waals surface area contributed by atoms with E-state index in [-0.39, 0.29) is 5.91 Å². The maximum Gasteiger partial charge on any atom is 0.254 e. The number of carbonyl (C=O) groups is 1. The lowest BCUT2D eigenvalue weighted by Crippen LogP contribution is -2.49. The van der Waals surface area contributed by atoms with Crippen molar-refractivity contribution in [3.63, 3.8) is 0 Å². The summed E-state index contributed by atoms with van der Waals surface area (Å²) in [5.74, 6) is 0.783. The van der Waals surface area contributed by atoms with E-state index in [1.807, 2.05) is 23.1 Å². The Hall–Kier alpha value is -2.01. The first kappa shape index (κ1) is 16.8. The minimum Gasteiger partial charge on any atom is -0.497 e. The molecule has 126 valence electrons. The highest BCUT2D eigenvalue weighted by atomic mass is 79.9. The van der Waals surface area contributed by atoms with Gasteiger partial charge in [-0.25, -0.2) is 0 Å². The van der Waals surface area contributed by atoms with E-state index in [9.17, 15) is 4.79 Å². The van der Waals surface area contributed by atoms with Gasteiger partial charge in [-0.05, 0) is 48.9 Å². The standard InChI is InChI=1S/C19H21BrN2O2/c1-14-12-16(20)6-7-18(14)21-8-10-22(11-9-21)19(23)15-4-3-5-17(13-15)24-2/h3-7,12-13H,8-11H2,1-2H3. The fourth-order valence-electron chi connectivity index (χ4n) is 3.06. The molecule has 5 heteroatoms. The predicted molar refractivity (Wildman–Crippen MR) is 100.0 cm³/mol. The van der Waals surface area contributed by atoms with Crippen molar-refractivity contribution >= 4 is 27.5 Å². The van der Waals surface area contributed by atoms with E-state index in [2.05, 4.69) is 46.0 Å². The fourth-order valence-corrected chi connectivity index (χ4v) is 3.54. The van der Waals surface area contributed by atoms with Crippen molar-refractivity contribution in [2.24, 2.45) is 0 Å². The van der Waals surface area contributed by atoms with Gasteiger partial charge in [-0.3, -0.25) is 4.79 Å². The van der Waals surface area contributed by atoms with Gasteiger partial charge in [0.05, 0.1) is 7.11 Å². The number of methoxy groups -OCH3 is 1.